The van der Waals surface area contributed by atoms with Gasteiger partial charge in [0.25, 0.3) is 0 Å². The summed E-state index contributed by atoms with van der Waals surface area (Å²) in [6.07, 6.45) is 0. The van der Waals surface area contributed by atoms with Crippen LogP contribution in [0, 0.1) is 32.1 Å². The zero-order chi connectivity index (χ0) is 12.6. The third-order valence-corrected chi connectivity index (χ3v) is 3.91. The number of hydrogen-bond acceptors (Lipinski definition) is 3. The molecule has 1 heterocycles. The number of nitrogens with two attached hydrogens (primary N) is 1. The van der Waals surface area contributed by atoms with Gasteiger partial charge in [-0.2, -0.15) is 5.26 Å². The molecule has 0 aliphatic heterocycles. The van der Waals surface area contributed by atoms with Gasteiger partial charge in [-0.1, -0.05) is 23.8 Å². The van der Waals surface area contributed by atoms with Gasteiger partial charge in [0, 0.05) is 10.4 Å². The summed E-state index contributed by atoms with van der Waals surface area (Å²) < 4.78 is 0. The van der Waals surface area contributed by atoms with E-state index in [-0.39, 0.29) is 0 Å². The lowest BCUT2D eigenvalue weighted by Crippen LogP contribution is -1.91. The summed E-state index contributed by atoms with van der Waals surface area (Å²) in [6, 6.07) is 8.46. The average molecular weight is 242 g/mol. The first kappa shape index (κ1) is 11.7. The van der Waals surface area contributed by atoms with E-state index < -0.39 is 0 Å². The van der Waals surface area contributed by atoms with Crippen LogP contribution in [0.3, 0.4) is 0 Å². The molecule has 3 heteroatoms. The Balaban J connectivity index is 2.73. The van der Waals surface area contributed by atoms with Crippen molar-refractivity contribution in [3.63, 3.8) is 0 Å². The number of nitrogen functional groups attached to an aromatic ring is 1. The van der Waals surface area contributed by atoms with Crippen LogP contribution in [-0.4, -0.2) is 0 Å². The fourth-order valence-electron chi connectivity index (χ4n) is 1.99. The molecule has 2 aromatic rings. The van der Waals surface area contributed by atoms with Crippen LogP contribution in [0.5, 0.6) is 0 Å². The van der Waals surface area contributed by atoms with Gasteiger partial charge in [-0.05, 0) is 31.9 Å². The molecular formula is C14H14N2S. The Labute approximate surface area is 105 Å². The van der Waals surface area contributed by atoms with E-state index in [9.17, 15) is 0 Å². The number of nitrogens with zero attached hydrogens (tertiary/aromatic N) is 1. The van der Waals surface area contributed by atoms with Crippen molar-refractivity contribution in [3.8, 4) is 17.2 Å². The van der Waals surface area contributed by atoms with Gasteiger partial charge in [-0.15, -0.1) is 11.3 Å². The average Bonchev–Trinajstić information content (AvgIpc) is 2.58. The normalized spacial score (nSPS) is 10.2. The molecule has 0 atom stereocenters. The maximum absolute atomic E-state index is 9.01. The van der Waals surface area contributed by atoms with Crippen LogP contribution in [0.25, 0.3) is 11.1 Å². The topological polar surface area (TPSA) is 49.8 Å². The molecule has 0 bridgehead atoms. The van der Waals surface area contributed by atoms with Crippen LogP contribution in [0.1, 0.15) is 20.9 Å². The third-order valence-electron chi connectivity index (χ3n) is 2.89. The lowest BCUT2D eigenvalue weighted by atomic mass is 9.97. The highest BCUT2D eigenvalue weighted by Crippen LogP contribution is 2.39. The molecule has 1 aromatic carbocycles. The minimum atomic E-state index is 0.610. The van der Waals surface area contributed by atoms with Crippen molar-refractivity contribution >= 4 is 17.0 Å². The van der Waals surface area contributed by atoms with E-state index in [1.807, 2.05) is 6.92 Å². The van der Waals surface area contributed by atoms with Crippen molar-refractivity contribution in [2.75, 3.05) is 5.73 Å². The molecule has 0 amide bonds. The molecule has 0 radical (unpaired) electrons. The van der Waals surface area contributed by atoms with Crippen molar-refractivity contribution in [1.82, 2.24) is 0 Å². The zero-order valence-electron chi connectivity index (χ0n) is 10.2. The Morgan fingerprint density at radius 1 is 1.24 bits per heavy atom. The number of aryl methyl sites for hydroxylation is 3. The maximum Gasteiger partial charge on any atom is 0.128 e. The second-order valence-corrected chi connectivity index (χ2v) is 5.43. The number of anilines is 1. The molecule has 1 aromatic heterocycles. The molecule has 0 aliphatic carbocycles. The Morgan fingerprint density at radius 3 is 2.53 bits per heavy atom. The molecule has 0 saturated heterocycles. The fourth-order valence-corrected chi connectivity index (χ4v) is 2.87. The minimum Gasteiger partial charge on any atom is -0.396 e. The standard InChI is InChI=1S/C14H14N2S/c1-8-4-5-9(2)11(6-8)13-10(3)17-12(7-15)14(13)16/h4-6H,16H2,1-3H3. The van der Waals surface area contributed by atoms with Crippen molar-refractivity contribution in [2.24, 2.45) is 0 Å². The van der Waals surface area contributed by atoms with Gasteiger partial charge < -0.3 is 5.73 Å². The molecule has 0 spiro atoms. The van der Waals surface area contributed by atoms with Crippen LogP contribution in [0.4, 0.5) is 5.69 Å². The van der Waals surface area contributed by atoms with E-state index in [1.54, 1.807) is 0 Å². The first-order valence-corrected chi connectivity index (χ1v) is 6.23. The van der Waals surface area contributed by atoms with Gasteiger partial charge >= 0.3 is 0 Å². The molecule has 0 fully saturated rings. The third kappa shape index (κ3) is 1.92. The second-order valence-electron chi connectivity index (χ2n) is 4.21. The molecule has 86 valence electrons. The lowest BCUT2D eigenvalue weighted by molar-refractivity contribution is 1.39. The largest absolute Gasteiger partial charge is 0.396 e. The van der Waals surface area contributed by atoms with E-state index in [0.29, 0.717) is 10.6 Å². The number of thiophene rings is 1. The van der Waals surface area contributed by atoms with Crippen molar-refractivity contribution in [2.45, 2.75) is 20.8 Å². The van der Waals surface area contributed by atoms with Gasteiger partial charge in [0.15, 0.2) is 0 Å². The van der Waals surface area contributed by atoms with Crippen LogP contribution < -0.4 is 5.73 Å². The highest BCUT2D eigenvalue weighted by molar-refractivity contribution is 7.13. The van der Waals surface area contributed by atoms with Crippen LogP contribution >= 0.6 is 11.3 Å². The Hall–Kier alpha value is -1.79. The maximum atomic E-state index is 9.01. The number of hydrogen-bond donors (Lipinski definition) is 1. The summed E-state index contributed by atoms with van der Waals surface area (Å²) in [5.74, 6) is 0. The number of rotatable bonds is 1. The quantitative estimate of drug-likeness (QED) is 0.827. The summed E-state index contributed by atoms with van der Waals surface area (Å²) in [7, 11) is 0. The lowest BCUT2D eigenvalue weighted by Gasteiger charge is -2.08. The van der Waals surface area contributed by atoms with Gasteiger partial charge in [-0.25, -0.2) is 0 Å². The summed E-state index contributed by atoms with van der Waals surface area (Å²) in [5.41, 5.74) is 11.2. The minimum absolute atomic E-state index is 0.610. The van der Waals surface area contributed by atoms with Gasteiger partial charge in [0.1, 0.15) is 10.9 Å². The first-order valence-electron chi connectivity index (χ1n) is 5.41. The Morgan fingerprint density at radius 2 is 1.94 bits per heavy atom. The summed E-state index contributed by atoms with van der Waals surface area (Å²) in [5, 5.41) is 9.01. The SMILES string of the molecule is Cc1ccc(C)c(-c2c(C)sc(C#N)c2N)c1. The molecule has 2 nitrogen and oxygen atoms in total. The summed E-state index contributed by atoms with van der Waals surface area (Å²) >= 11 is 1.46. The van der Waals surface area contributed by atoms with E-state index >= 15 is 0 Å². The first-order chi connectivity index (χ1) is 8.04. The van der Waals surface area contributed by atoms with Gasteiger partial charge in [0.2, 0.25) is 0 Å². The predicted octanol–water partition coefficient (Wildman–Crippen LogP) is 3.79. The fraction of sp³-hybridized carbons (Fsp3) is 0.214. The highest BCUT2D eigenvalue weighted by Gasteiger charge is 2.16. The van der Waals surface area contributed by atoms with E-state index in [1.165, 1.54) is 22.5 Å². The van der Waals surface area contributed by atoms with Crippen LogP contribution in [-0.2, 0) is 0 Å². The smallest absolute Gasteiger partial charge is 0.128 e. The summed E-state index contributed by atoms with van der Waals surface area (Å²) in [4.78, 5) is 1.71. The van der Waals surface area contributed by atoms with Crippen molar-refractivity contribution < 1.29 is 0 Å². The molecule has 17 heavy (non-hydrogen) atoms. The van der Waals surface area contributed by atoms with E-state index in [0.717, 1.165) is 16.0 Å². The molecule has 2 rings (SSSR count). The Bertz CT molecular complexity index is 618. The predicted molar refractivity (Wildman–Crippen MR) is 73.1 cm³/mol. The number of nitriles is 1. The Kier molecular flexibility index (Phi) is 2.91. The van der Waals surface area contributed by atoms with Crippen LogP contribution in [0.15, 0.2) is 18.2 Å². The highest BCUT2D eigenvalue weighted by atomic mass is 32.1. The van der Waals surface area contributed by atoms with Gasteiger partial charge in [0.05, 0.1) is 5.69 Å². The van der Waals surface area contributed by atoms with Gasteiger partial charge in [-0.3, -0.25) is 0 Å². The van der Waals surface area contributed by atoms with E-state index in [4.69, 9.17) is 11.0 Å². The molecule has 0 saturated carbocycles. The van der Waals surface area contributed by atoms with E-state index in [2.05, 4.69) is 38.1 Å². The summed E-state index contributed by atoms with van der Waals surface area (Å²) in [6.45, 7) is 6.14. The zero-order valence-corrected chi connectivity index (χ0v) is 11.0. The molecule has 0 unspecified atom stereocenters. The van der Waals surface area contributed by atoms with Crippen LogP contribution in [0.2, 0.25) is 0 Å². The van der Waals surface area contributed by atoms with Crippen molar-refractivity contribution in [3.05, 3.63) is 39.1 Å². The number of benzene rings is 1. The van der Waals surface area contributed by atoms with Crippen molar-refractivity contribution in [1.29, 1.82) is 5.26 Å². The molecule has 0 aliphatic rings. The monoisotopic (exact) mass is 242 g/mol. The molecule has 2 N–H and O–H groups in total. The second kappa shape index (κ2) is 4.23. The molecular weight excluding hydrogens is 228 g/mol.